The second-order valence-corrected chi connectivity index (χ2v) is 8.24. The molecule has 0 saturated carbocycles. The number of amidine groups is 1. The van der Waals surface area contributed by atoms with Crippen LogP contribution in [0.4, 0.5) is 24.5 Å². The molecule has 1 unspecified atom stereocenters. The SMILES string of the molecule is Cc1ccc(NC(=O)C2CC(=O)N(C)C(=Nc3cccc(C(F)(F)F)c3)S2)cc1Cl. The lowest BCUT2D eigenvalue weighted by Gasteiger charge is -2.28. The number of carbonyl (C=O) groups is 2. The highest BCUT2D eigenvalue weighted by molar-refractivity contribution is 8.15. The lowest BCUT2D eigenvalue weighted by molar-refractivity contribution is -0.137. The van der Waals surface area contributed by atoms with Crippen LogP contribution in [-0.4, -0.2) is 34.2 Å². The minimum Gasteiger partial charge on any atom is -0.325 e. The minimum atomic E-state index is -4.50. The van der Waals surface area contributed by atoms with Crippen molar-refractivity contribution in [2.45, 2.75) is 24.8 Å². The van der Waals surface area contributed by atoms with E-state index < -0.39 is 22.9 Å². The zero-order chi connectivity index (χ0) is 22.1. The Labute approximate surface area is 180 Å². The molecule has 0 radical (unpaired) electrons. The molecule has 30 heavy (non-hydrogen) atoms. The van der Waals surface area contributed by atoms with Gasteiger partial charge in [-0.1, -0.05) is 35.5 Å². The zero-order valence-electron chi connectivity index (χ0n) is 16.0. The van der Waals surface area contributed by atoms with E-state index >= 15 is 0 Å². The van der Waals surface area contributed by atoms with Gasteiger partial charge < -0.3 is 5.32 Å². The highest BCUT2D eigenvalue weighted by atomic mass is 35.5. The molecule has 0 bridgehead atoms. The van der Waals surface area contributed by atoms with Crippen molar-refractivity contribution in [1.29, 1.82) is 0 Å². The van der Waals surface area contributed by atoms with Gasteiger partial charge in [0.1, 0.15) is 5.25 Å². The van der Waals surface area contributed by atoms with E-state index in [4.69, 9.17) is 11.6 Å². The lowest BCUT2D eigenvalue weighted by Crippen LogP contribution is -2.43. The molecule has 2 aromatic rings. The molecule has 1 saturated heterocycles. The highest BCUT2D eigenvalue weighted by Crippen LogP contribution is 2.33. The fourth-order valence-electron chi connectivity index (χ4n) is 2.65. The highest BCUT2D eigenvalue weighted by Gasteiger charge is 2.34. The average molecular weight is 456 g/mol. The van der Waals surface area contributed by atoms with E-state index in [2.05, 4.69) is 10.3 Å². The summed E-state index contributed by atoms with van der Waals surface area (Å²) in [5, 5.41) is 2.57. The first-order chi connectivity index (χ1) is 14.0. The van der Waals surface area contributed by atoms with Gasteiger partial charge in [0.2, 0.25) is 11.8 Å². The van der Waals surface area contributed by atoms with Crippen LogP contribution >= 0.6 is 23.4 Å². The number of thioether (sulfide) groups is 1. The molecule has 1 fully saturated rings. The molecule has 2 aromatic carbocycles. The Kier molecular flexibility index (Phi) is 6.42. The summed E-state index contributed by atoms with van der Waals surface area (Å²) in [7, 11) is 1.47. The normalized spacial score (nSPS) is 18.6. The second-order valence-electron chi connectivity index (χ2n) is 6.66. The molecule has 5 nitrogen and oxygen atoms in total. The summed E-state index contributed by atoms with van der Waals surface area (Å²) in [6.07, 6.45) is -4.57. The number of rotatable bonds is 3. The number of nitrogens with one attached hydrogen (secondary N) is 1. The van der Waals surface area contributed by atoms with Crippen molar-refractivity contribution in [3.8, 4) is 0 Å². The van der Waals surface area contributed by atoms with Crippen LogP contribution in [0.2, 0.25) is 5.02 Å². The largest absolute Gasteiger partial charge is 0.416 e. The first-order valence-corrected chi connectivity index (χ1v) is 10.1. The molecule has 1 aliphatic rings. The van der Waals surface area contributed by atoms with Crippen LogP contribution in [0, 0.1) is 6.92 Å². The van der Waals surface area contributed by atoms with Gasteiger partial charge in [0.25, 0.3) is 0 Å². The van der Waals surface area contributed by atoms with E-state index in [-0.39, 0.29) is 23.2 Å². The quantitative estimate of drug-likeness (QED) is 0.687. The molecule has 10 heteroatoms. The van der Waals surface area contributed by atoms with Crippen LogP contribution in [0.5, 0.6) is 0 Å². The molecule has 0 aromatic heterocycles. The molecule has 0 spiro atoms. The first kappa shape index (κ1) is 22.2. The monoisotopic (exact) mass is 455 g/mol. The zero-order valence-corrected chi connectivity index (χ0v) is 17.5. The predicted molar refractivity (Wildman–Crippen MR) is 112 cm³/mol. The van der Waals surface area contributed by atoms with E-state index in [9.17, 15) is 22.8 Å². The average Bonchev–Trinajstić information content (AvgIpc) is 2.67. The molecule has 0 aliphatic carbocycles. The first-order valence-electron chi connectivity index (χ1n) is 8.81. The maximum atomic E-state index is 12.9. The second kappa shape index (κ2) is 8.69. The van der Waals surface area contributed by atoms with E-state index in [0.29, 0.717) is 10.7 Å². The van der Waals surface area contributed by atoms with Crippen molar-refractivity contribution in [2.75, 3.05) is 12.4 Å². The third kappa shape index (κ3) is 5.14. The van der Waals surface area contributed by atoms with E-state index in [1.165, 1.54) is 24.1 Å². The molecule has 1 atom stereocenters. The number of aliphatic imine (C=N–C) groups is 1. The predicted octanol–water partition coefficient (Wildman–Crippen LogP) is 5.26. The fraction of sp³-hybridized carbons (Fsp3) is 0.250. The van der Waals surface area contributed by atoms with Gasteiger partial charge in [0.15, 0.2) is 5.17 Å². The van der Waals surface area contributed by atoms with Gasteiger partial charge in [-0.2, -0.15) is 13.2 Å². The Balaban J connectivity index is 1.81. The Morgan fingerprint density at radius 2 is 2.00 bits per heavy atom. The molecule has 2 amide bonds. The molecular weight excluding hydrogens is 439 g/mol. The summed E-state index contributed by atoms with van der Waals surface area (Å²) in [6, 6.07) is 9.53. The van der Waals surface area contributed by atoms with Gasteiger partial charge in [0.05, 0.1) is 11.3 Å². The van der Waals surface area contributed by atoms with Crippen molar-refractivity contribution < 1.29 is 22.8 Å². The molecule has 1 heterocycles. The molecule has 3 rings (SSSR count). The molecule has 1 aliphatic heterocycles. The number of halogens is 4. The summed E-state index contributed by atoms with van der Waals surface area (Å²) in [5.74, 6) is -0.778. The maximum Gasteiger partial charge on any atom is 0.416 e. The molecule has 158 valence electrons. The van der Waals surface area contributed by atoms with Gasteiger partial charge in [-0.3, -0.25) is 14.5 Å². The van der Waals surface area contributed by atoms with E-state index in [1.54, 1.807) is 18.2 Å². The number of benzene rings is 2. The number of aryl methyl sites for hydroxylation is 1. The summed E-state index contributed by atoms with van der Waals surface area (Å²) in [4.78, 5) is 30.4. The van der Waals surface area contributed by atoms with Crippen molar-refractivity contribution in [1.82, 2.24) is 4.90 Å². The van der Waals surface area contributed by atoms with E-state index in [1.807, 2.05) is 6.92 Å². The number of carbonyl (C=O) groups excluding carboxylic acids is 2. The van der Waals surface area contributed by atoms with Gasteiger partial charge >= 0.3 is 6.18 Å². The van der Waals surface area contributed by atoms with Crippen molar-refractivity contribution >= 4 is 51.7 Å². The lowest BCUT2D eigenvalue weighted by atomic mass is 10.2. The molecular formula is C20H17ClF3N3O2S. The Morgan fingerprint density at radius 1 is 1.27 bits per heavy atom. The van der Waals surface area contributed by atoms with Crippen LogP contribution in [0.3, 0.4) is 0 Å². The summed E-state index contributed by atoms with van der Waals surface area (Å²) < 4.78 is 38.8. The Hall–Kier alpha value is -2.52. The number of anilines is 1. The van der Waals surface area contributed by atoms with Gasteiger partial charge in [0, 0.05) is 24.2 Å². The third-order valence-corrected chi connectivity index (χ3v) is 6.05. The maximum absolute atomic E-state index is 12.9. The summed E-state index contributed by atoms with van der Waals surface area (Å²) in [6.45, 7) is 1.83. The fourth-order valence-corrected chi connectivity index (χ4v) is 3.90. The third-order valence-electron chi connectivity index (χ3n) is 4.40. The molecule has 1 N–H and O–H groups in total. The number of hydrogen-bond acceptors (Lipinski definition) is 4. The van der Waals surface area contributed by atoms with Crippen LogP contribution in [0.25, 0.3) is 0 Å². The number of alkyl halides is 3. The van der Waals surface area contributed by atoms with Crippen LogP contribution in [0.1, 0.15) is 17.5 Å². The topological polar surface area (TPSA) is 61.8 Å². The van der Waals surface area contributed by atoms with Crippen LogP contribution in [-0.2, 0) is 15.8 Å². The van der Waals surface area contributed by atoms with Crippen LogP contribution in [0.15, 0.2) is 47.5 Å². The van der Waals surface area contributed by atoms with Gasteiger partial charge in [-0.25, -0.2) is 4.99 Å². The number of amides is 2. The Morgan fingerprint density at radius 3 is 2.67 bits per heavy atom. The summed E-state index contributed by atoms with van der Waals surface area (Å²) >= 11 is 7.08. The van der Waals surface area contributed by atoms with Crippen molar-refractivity contribution in [3.05, 3.63) is 58.6 Å². The smallest absolute Gasteiger partial charge is 0.325 e. The van der Waals surface area contributed by atoms with Crippen molar-refractivity contribution in [3.63, 3.8) is 0 Å². The van der Waals surface area contributed by atoms with Gasteiger partial charge in [-0.05, 0) is 42.8 Å². The van der Waals surface area contributed by atoms with E-state index in [0.717, 1.165) is 29.5 Å². The minimum absolute atomic E-state index is 0.0401. The number of nitrogens with zero attached hydrogens (tertiary/aromatic N) is 2. The van der Waals surface area contributed by atoms with Crippen molar-refractivity contribution in [2.24, 2.45) is 4.99 Å². The van der Waals surface area contributed by atoms with Crippen LogP contribution < -0.4 is 5.32 Å². The Bertz CT molecular complexity index is 1030. The summed E-state index contributed by atoms with van der Waals surface area (Å²) in [5.41, 5.74) is 0.538. The number of hydrogen-bond donors (Lipinski definition) is 1. The van der Waals surface area contributed by atoms with Gasteiger partial charge in [-0.15, -0.1) is 0 Å². The standard InChI is InChI=1S/C20H17ClF3N3O2S/c1-11-6-7-14(9-15(11)21)25-18(29)16-10-17(28)27(2)19(30-16)26-13-5-3-4-12(8-13)20(22,23)24/h3-9,16H,10H2,1-2H3,(H,25,29).